The summed E-state index contributed by atoms with van der Waals surface area (Å²) in [6.45, 7) is 1.55. The lowest BCUT2D eigenvalue weighted by Crippen LogP contribution is -2.23. The van der Waals surface area contributed by atoms with Crippen LogP contribution in [0.3, 0.4) is 0 Å². The van der Waals surface area contributed by atoms with Gasteiger partial charge >= 0.3 is 0 Å². The van der Waals surface area contributed by atoms with E-state index in [9.17, 15) is 12.8 Å². The second-order valence-electron chi connectivity index (χ2n) is 3.95. The minimum atomic E-state index is -3.73. The molecule has 8 heteroatoms. The summed E-state index contributed by atoms with van der Waals surface area (Å²) in [7, 11) is -3.73. The van der Waals surface area contributed by atoms with E-state index in [2.05, 4.69) is 9.71 Å². The molecule has 0 saturated heterocycles. The Morgan fingerprint density at radius 3 is 2.79 bits per heavy atom. The average Bonchev–Trinajstić information content (AvgIpc) is 2.86. The molecular formula is C11H12FN3O2S2. The fourth-order valence-corrected chi connectivity index (χ4v) is 3.17. The van der Waals surface area contributed by atoms with Crippen molar-refractivity contribution >= 4 is 27.0 Å². The van der Waals surface area contributed by atoms with Gasteiger partial charge in [0.15, 0.2) is 0 Å². The number of nitrogens with two attached hydrogens (primary N) is 1. The van der Waals surface area contributed by atoms with Crippen LogP contribution >= 0.6 is 11.3 Å². The van der Waals surface area contributed by atoms with E-state index in [1.54, 1.807) is 10.9 Å². The van der Waals surface area contributed by atoms with E-state index in [0.717, 1.165) is 6.07 Å². The van der Waals surface area contributed by atoms with Crippen molar-refractivity contribution in [2.75, 3.05) is 5.73 Å². The van der Waals surface area contributed by atoms with Crippen LogP contribution in [0.1, 0.15) is 11.3 Å². The summed E-state index contributed by atoms with van der Waals surface area (Å²) < 4.78 is 39.8. The number of rotatable bonds is 4. The molecule has 2 aromatic rings. The van der Waals surface area contributed by atoms with Gasteiger partial charge in [0.1, 0.15) is 5.82 Å². The van der Waals surface area contributed by atoms with E-state index >= 15 is 0 Å². The highest BCUT2D eigenvalue weighted by atomic mass is 32.2. The van der Waals surface area contributed by atoms with Crippen molar-refractivity contribution in [1.82, 2.24) is 9.71 Å². The van der Waals surface area contributed by atoms with Gasteiger partial charge in [-0.05, 0) is 24.6 Å². The van der Waals surface area contributed by atoms with Gasteiger partial charge in [0.05, 0.1) is 28.3 Å². The van der Waals surface area contributed by atoms with E-state index < -0.39 is 15.8 Å². The van der Waals surface area contributed by atoms with Gasteiger partial charge in [-0.2, -0.15) is 0 Å². The normalized spacial score (nSPS) is 11.7. The Balaban J connectivity index is 2.24. The third-order valence-electron chi connectivity index (χ3n) is 2.49. The number of thiazole rings is 1. The number of anilines is 1. The van der Waals surface area contributed by atoms with Crippen molar-refractivity contribution < 1.29 is 12.8 Å². The highest BCUT2D eigenvalue weighted by Gasteiger charge is 2.17. The number of hydrogen-bond acceptors (Lipinski definition) is 5. The molecule has 0 amide bonds. The zero-order valence-corrected chi connectivity index (χ0v) is 11.7. The van der Waals surface area contributed by atoms with Crippen molar-refractivity contribution in [3.63, 3.8) is 0 Å². The van der Waals surface area contributed by atoms with Crippen molar-refractivity contribution in [2.45, 2.75) is 18.4 Å². The fourth-order valence-electron chi connectivity index (χ4n) is 1.49. The maximum absolute atomic E-state index is 13.4. The molecule has 0 radical (unpaired) electrons. The number of sulfonamides is 1. The van der Waals surface area contributed by atoms with Gasteiger partial charge in [0.25, 0.3) is 0 Å². The van der Waals surface area contributed by atoms with Gasteiger partial charge in [-0.25, -0.2) is 22.5 Å². The predicted molar refractivity (Wildman–Crippen MR) is 71.7 cm³/mol. The number of nitrogens with zero attached hydrogens (tertiary/aromatic N) is 1. The molecule has 0 spiro atoms. The highest BCUT2D eigenvalue weighted by molar-refractivity contribution is 7.89. The number of halogens is 1. The molecule has 5 nitrogen and oxygen atoms in total. The Morgan fingerprint density at radius 1 is 1.47 bits per heavy atom. The molecule has 1 aromatic heterocycles. The van der Waals surface area contributed by atoms with Crippen LogP contribution in [0.25, 0.3) is 0 Å². The second kappa shape index (κ2) is 5.24. The summed E-state index contributed by atoms with van der Waals surface area (Å²) in [4.78, 5) is 3.91. The molecule has 0 bridgehead atoms. The lowest BCUT2D eigenvalue weighted by atomic mass is 10.2. The summed E-state index contributed by atoms with van der Waals surface area (Å²) in [5.74, 6) is -0.599. The van der Waals surface area contributed by atoms with Crippen molar-refractivity contribution in [1.29, 1.82) is 0 Å². The molecule has 3 N–H and O–H groups in total. The lowest BCUT2D eigenvalue weighted by molar-refractivity contribution is 0.579. The highest BCUT2D eigenvalue weighted by Crippen LogP contribution is 2.20. The van der Waals surface area contributed by atoms with Gasteiger partial charge in [-0.15, -0.1) is 11.3 Å². The van der Waals surface area contributed by atoms with Crippen molar-refractivity contribution in [2.24, 2.45) is 0 Å². The first-order chi connectivity index (χ1) is 8.90. The first-order valence-corrected chi connectivity index (χ1v) is 7.75. The minimum absolute atomic E-state index is 0.0564. The summed E-state index contributed by atoms with van der Waals surface area (Å²) >= 11 is 1.38. The molecule has 1 aromatic carbocycles. The summed E-state index contributed by atoms with van der Waals surface area (Å²) in [6.07, 6.45) is 0. The van der Waals surface area contributed by atoms with E-state index in [4.69, 9.17) is 5.73 Å². The van der Waals surface area contributed by atoms with Crippen LogP contribution < -0.4 is 10.5 Å². The topological polar surface area (TPSA) is 85.1 Å². The van der Waals surface area contributed by atoms with Gasteiger partial charge in [-0.1, -0.05) is 0 Å². The maximum atomic E-state index is 13.4. The van der Waals surface area contributed by atoms with Crippen LogP contribution in [0.5, 0.6) is 0 Å². The molecule has 0 aliphatic carbocycles. The second-order valence-corrected chi connectivity index (χ2v) is 6.43. The molecule has 0 fully saturated rings. The van der Waals surface area contributed by atoms with Gasteiger partial charge in [0.2, 0.25) is 10.0 Å². The Labute approximate surface area is 114 Å². The van der Waals surface area contributed by atoms with E-state index in [1.807, 2.05) is 0 Å². The first kappa shape index (κ1) is 13.9. The number of hydrogen-bond donors (Lipinski definition) is 2. The summed E-state index contributed by atoms with van der Waals surface area (Å²) in [6, 6.07) is 2.35. The van der Waals surface area contributed by atoms with E-state index in [1.165, 1.54) is 24.3 Å². The Morgan fingerprint density at radius 2 is 2.21 bits per heavy atom. The zero-order valence-electron chi connectivity index (χ0n) is 10.1. The average molecular weight is 301 g/mol. The predicted octanol–water partition coefficient (Wildman–Crippen LogP) is 1.65. The lowest BCUT2D eigenvalue weighted by Gasteiger charge is -2.08. The Hall–Kier alpha value is -1.51. The Kier molecular flexibility index (Phi) is 3.83. The largest absolute Gasteiger partial charge is 0.396 e. The molecule has 1 heterocycles. The van der Waals surface area contributed by atoms with Gasteiger partial charge in [0, 0.05) is 5.38 Å². The zero-order chi connectivity index (χ0) is 14.0. The fraction of sp³-hybridized carbons (Fsp3) is 0.182. The van der Waals surface area contributed by atoms with Crippen LogP contribution in [0.2, 0.25) is 0 Å². The molecule has 19 heavy (non-hydrogen) atoms. The summed E-state index contributed by atoms with van der Waals surface area (Å²) in [5.41, 5.74) is 7.67. The number of nitrogen functional groups attached to an aromatic ring is 1. The SMILES string of the molecule is Cc1cc(S(=O)(=O)NCc2cscn2)cc(N)c1F. The minimum Gasteiger partial charge on any atom is -0.396 e. The van der Waals surface area contributed by atoms with Crippen LogP contribution in [-0.4, -0.2) is 13.4 Å². The quantitative estimate of drug-likeness (QED) is 0.841. The smallest absolute Gasteiger partial charge is 0.241 e. The molecular weight excluding hydrogens is 289 g/mol. The number of benzene rings is 1. The third kappa shape index (κ3) is 3.09. The van der Waals surface area contributed by atoms with Crippen LogP contribution in [0.15, 0.2) is 27.9 Å². The molecule has 2 rings (SSSR count). The number of aryl methyl sites for hydroxylation is 1. The third-order valence-corrected chi connectivity index (χ3v) is 4.51. The maximum Gasteiger partial charge on any atom is 0.241 e. The van der Waals surface area contributed by atoms with E-state index in [0.29, 0.717) is 5.69 Å². The Bertz CT molecular complexity index is 661. The first-order valence-electron chi connectivity index (χ1n) is 5.32. The summed E-state index contributed by atoms with van der Waals surface area (Å²) in [5, 5.41) is 1.74. The standard InChI is InChI=1S/C11H12FN3O2S2/c1-7-2-9(3-10(13)11(7)12)19(16,17)15-4-8-5-18-6-14-8/h2-3,5-6,15H,4,13H2,1H3. The molecule has 102 valence electrons. The van der Waals surface area contributed by atoms with Gasteiger partial charge < -0.3 is 5.73 Å². The van der Waals surface area contributed by atoms with Crippen molar-refractivity contribution in [3.05, 3.63) is 40.1 Å². The van der Waals surface area contributed by atoms with Gasteiger partial charge in [-0.3, -0.25) is 0 Å². The van der Waals surface area contributed by atoms with Crippen LogP contribution in [0.4, 0.5) is 10.1 Å². The number of nitrogens with one attached hydrogen (secondary N) is 1. The van der Waals surface area contributed by atoms with Crippen LogP contribution in [-0.2, 0) is 16.6 Å². The number of aromatic nitrogens is 1. The molecule has 0 aliphatic rings. The molecule has 0 atom stereocenters. The van der Waals surface area contributed by atoms with E-state index in [-0.39, 0.29) is 22.7 Å². The molecule has 0 aliphatic heterocycles. The van der Waals surface area contributed by atoms with Crippen molar-refractivity contribution in [3.8, 4) is 0 Å². The molecule has 0 saturated carbocycles. The monoisotopic (exact) mass is 301 g/mol. The molecule has 0 unspecified atom stereocenters. The van der Waals surface area contributed by atoms with Crippen LogP contribution in [0, 0.1) is 12.7 Å².